The fourth-order valence-electron chi connectivity index (χ4n) is 3.55. The van der Waals surface area contributed by atoms with Gasteiger partial charge >= 0.3 is 0 Å². The third-order valence-corrected chi connectivity index (χ3v) is 5.52. The number of nitrogen functional groups attached to an aromatic ring is 1. The molecule has 150 valence electrons. The summed E-state index contributed by atoms with van der Waals surface area (Å²) in [6.45, 7) is 8.34. The summed E-state index contributed by atoms with van der Waals surface area (Å²) in [5, 5.41) is 8.53. The number of piperazine rings is 1. The number of benzene rings is 2. The number of nitrogens with one attached hydrogen (secondary N) is 1. The molecule has 7 nitrogen and oxygen atoms in total. The van der Waals surface area contributed by atoms with Crippen molar-refractivity contribution < 1.29 is 0 Å². The van der Waals surface area contributed by atoms with Crippen LogP contribution in [0.5, 0.6) is 0 Å². The van der Waals surface area contributed by atoms with Gasteiger partial charge in [-0.15, -0.1) is 10.2 Å². The van der Waals surface area contributed by atoms with Crippen molar-refractivity contribution in [1.29, 1.82) is 0 Å². The lowest BCUT2D eigenvalue weighted by atomic mass is 10.0. The molecular formula is C22H26N6O. The summed E-state index contributed by atoms with van der Waals surface area (Å²) in [6.07, 6.45) is 0. The SMILES string of the molecule is Cc1ccc(-c2nnc(N3CCN(Cc4ccc(N)cc4)CC3)[nH]c2=O)cc1C. The molecule has 1 aliphatic heterocycles. The van der Waals surface area contributed by atoms with Crippen LogP contribution in [0.15, 0.2) is 47.3 Å². The van der Waals surface area contributed by atoms with Crippen LogP contribution in [0, 0.1) is 13.8 Å². The molecule has 1 aliphatic rings. The Morgan fingerprint density at radius 3 is 2.34 bits per heavy atom. The Hall–Kier alpha value is -3.19. The van der Waals surface area contributed by atoms with E-state index >= 15 is 0 Å². The topological polar surface area (TPSA) is 91.1 Å². The number of hydrogen-bond donors (Lipinski definition) is 2. The van der Waals surface area contributed by atoms with Gasteiger partial charge in [0, 0.05) is 44.0 Å². The Labute approximate surface area is 170 Å². The van der Waals surface area contributed by atoms with Crippen molar-refractivity contribution >= 4 is 11.6 Å². The Balaban J connectivity index is 1.42. The number of hydrogen-bond acceptors (Lipinski definition) is 6. The van der Waals surface area contributed by atoms with Crippen LogP contribution in [0.4, 0.5) is 11.6 Å². The average Bonchev–Trinajstić information content (AvgIpc) is 2.72. The highest BCUT2D eigenvalue weighted by Gasteiger charge is 2.20. The molecule has 0 amide bonds. The number of aryl methyl sites for hydroxylation is 2. The molecule has 0 atom stereocenters. The highest BCUT2D eigenvalue weighted by molar-refractivity contribution is 5.60. The second kappa shape index (κ2) is 8.05. The quantitative estimate of drug-likeness (QED) is 0.665. The maximum absolute atomic E-state index is 12.6. The molecule has 0 aliphatic carbocycles. The van der Waals surface area contributed by atoms with Crippen LogP contribution in [0.1, 0.15) is 16.7 Å². The van der Waals surface area contributed by atoms with Crippen molar-refractivity contribution in [3.63, 3.8) is 0 Å². The van der Waals surface area contributed by atoms with Gasteiger partial charge in [-0.05, 0) is 48.7 Å². The molecule has 29 heavy (non-hydrogen) atoms. The van der Waals surface area contributed by atoms with E-state index in [4.69, 9.17) is 5.73 Å². The van der Waals surface area contributed by atoms with Gasteiger partial charge in [-0.1, -0.05) is 24.3 Å². The first kappa shape index (κ1) is 19.1. The minimum absolute atomic E-state index is 0.206. The smallest absolute Gasteiger partial charge is 0.279 e. The Kier molecular flexibility index (Phi) is 5.31. The summed E-state index contributed by atoms with van der Waals surface area (Å²) in [7, 11) is 0. The van der Waals surface area contributed by atoms with Gasteiger partial charge in [0.15, 0.2) is 5.69 Å². The maximum atomic E-state index is 12.6. The zero-order chi connectivity index (χ0) is 20.4. The van der Waals surface area contributed by atoms with Crippen LogP contribution < -0.4 is 16.2 Å². The fraction of sp³-hybridized carbons (Fsp3) is 0.318. The van der Waals surface area contributed by atoms with E-state index in [1.807, 2.05) is 44.2 Å². The molecular weight excluding hydrogens is 364 g/mol. The molecule has 0 radical (unpaired) electrons. The summed E-state index contributed by atoms with van der Waals surface area (Å²) in [5.41, 5.74) is 11.0. The van der Waals surface area contributed by atoms with Crippen molar-refractivity contribution in [2.24, 2.45) is 0 Å². The summed E-state index contributed by atoms with van der Waals surface area (Å²) >= 11 is 0. The lowest BCUT2D eigenvalue weighted by Crippen LogP contribution is -2.47. The largest absolute Gasteiger partial charge is 0.399 e. The van der Waals surface area contributed by atoms with Crippen LogP contribution in [-0.4, -0.2) is 46.3 Å². The second-order valence-electron chi connectivity index (χ2n) is 7.63. The first-order valence-electron chi connectivity index (χ1n) is 9.86. The molecule has 0 unspecified atom stereocenters. The molecule has 1 saturated heterocycles. The highest BCUT2D eigenvalue weighted by Crippen LogP contribution is 2.18. The van der Waals surface area contributed by atoms with Gasteiger partial charge in [0.1, 0.15) is 0 Å². The van der Waals surface area contributed by atoms with Crippen LogP contribution in [-0.2, 0) is 6.54 Å². The van der Waals surface area contributed by atoms with E-state index in [0.29, 0.717) is 11.6 Å². The Morgan fingerprint density at radius 1 is 0.966 bits per heavy atom. The first-order chi connectivity index (χ1) is 14.0. The minimum atomic E-state index is -0.206. The van der Waals surface area contributed by atoms with Crippen LogP contribution in [0.2, 0.25) is 0 Å². The number of rotatable bonds is 4. The van der Waals surface area contributed by atoms with Gasteiger partial charge in [-0.25, -0.2) is 0 Å². The zero-order valence-electron chi connectivity index (χ0n) is 16.9. The van der Waals surface area contributed by atoms with Crippen molar-refractivity contribution in [2.75, 3.05) is 36.8 Å². The monoisotopic (exact) mass is 390 g/mol. The minimum Gasteiger partial charge on any atom is -0.399 e. The number of aromatic amines is 1. The highest BCUT2D eigenvalue weighted by atomic mass is 16.1. The van der Waals surface area contributed by atoms with E-state index in [-0.39, 0.29) is 5.56 Å². The molecule has 0 saturated carbocycles. The molecule has 2 heterocycles. The molecule has 3 N–H and O–H groups in total. The van der Waals surface area contributed by atoms with Crippen molar-refractivity contribution in [1.82, 2.24) is 20.1 Å². The summed E-state index contributed by atoms with van der Waals surface area (Å²) < 4.78 is 0. The van der Waals surface area contributed by atoms with Crippen molar-refractivity contribution in [2.45, 2.75) is 20.4 Å². The van der Waals surface area contributed by atoms with Gasteiger partial charge in [-0.2, -0.15) is 0 Å². The zero-order valence-corrected chi connectivity index (χ0v) is 16.9. The predicted octanol–water partition coefficient (Wildman–Crippen LogP) is 2.35. The number of aromatic nitrogens is 3. The first-order valence-corrected chi connectivity index (χ1v) is 9.86. The van der Waals surface area contributed by atoms with E-state index in [1.165, 1.54) is 11.1 Å². The number of nitrogens with zero attached hydrogens (tertiary/aromatic N) is 4. The fourth-order valence-corrected chi connectivity index (χ4v) is 3.55. The van der Waals surface area contributed by atoms with Gasteiger partial charge in [-0.3, -0.25) is 14.7 Å². The third-order valence-electron chi connectivity index (χ3n) is 5.52. The third kappa shape index (κ3) is 4.30. The molecule has 4 rings (SSSR count). The van der Waals surface area contributed by atoms with Crippen molar-refractivity contribution in [3.8, 4) is 11.3 Å². The van der Waals surface area contributed by atoms with Gasteiger partial charge in [0.2, 0.25) is 5.95 Å². The maximum Gasteiger partial charge on any atom is 0.279 e. The van der Waals surface area contributed by atoms with Crippen molar-refractivity contribution in [3.05, 3.63) is 69.5 Å². The molecule has 7 heteroatoms. The molecule has 3 aromatic rings. The Morgan fingerprint density at radius 2 is 1.69 bits per heavy atom. The van der Waals surface area contributed by atoms with Gasteiger partial charge in [0.05, 0.1) is 0 Å². The van der Waals surface area contributed by atoms with Crippen LogP contribution in [0.25, 0.3) is 11.3 Å². The second-order valence-corrected chi connectivity index (χ2v) is 7.63. The molecule has 0 spiro atoms. The summed E-state index contributed by atoms with van der Waals surface area (Å²) in [6, 6.07) is 13.9. The number of H-pyrrole nitrogens is 1. The predicted molar refractivity (Wildman–Crippen MR) is 116 cm³/mol. The molecule has 2 aromatic carbocycles. The normalized spacial score (nSPS) is 14.9. The Bertz CT molecular complexity index is 1050. The van der Waals surface area contributed by atoms with E-state index in [2.05, 4.69) is 37.1 Å². The van der Waals surface area contributed by atoms with E-state index in [0.717, 1.165) is 49.5 Å². The van der Waals surface area contributed by atoms with Crippen LogP contribution in [0.3, 0.4) is 0 Å². The average molecular weight is 390 g/mol. The van der Waals surface area contributed by atoms with Gasteiger partial charge < -0.3 is 10.6 Å². The lowest BCUT2D eigenvalue weighted by Gasteiger charge is -2.34. The number of anilines is 2. The molecule has 1 aromatic heterocycles. The molecule has 1 fully saturated rings. The summed E-state index contributed by atoms with van der Waals surface area (Å²) in [5.74, 6) is 0.537. The number of nitrogens with two attached hydrogens (primary N) is 1. The molecule has 0 bridgehead atoms. The van der Waals surface area contributed by atoms with E-state index in [9.17, 15) is 4.79 Å². The summed E-state index contributed by atoms with van der Waals surface area (Å²) in [4.78, 5) is 20.0. The van der Waals surface area contributed by atoms with Gasteiger partial charge in [0.25, 0.3) is 5.56 Å². The standard InChI is InChI=1S/C22H26N6O/c1-15-3-6-18(13-16(15)2)20-21(29)24-22(26-25-20)28-11-9-27(10-12-28)14-17-4-7-19(23)8-5-17/h3-8,13H,9-12,14,23H2,1-2H3,(H,24,26,29). The van der Waals surface area contributed by atoms with Crippen LogP contribution >= 0.6 is 0 Å². The lowest BCUT2D eigenvalue weighted by molar-refractivity contribution is 0.248. The van der Waals surface area contributed by atoms with E-state index < -0.39 is 0 Å². The van der Waals surface area contributed by atoms with E-state index in [1.54, 1.807) is 0 Å².